The number of nitrogens with two attached hydrogens (primary N) is 3. The predicted octanol–water partition coefficient (Wildman–Crippen LogP) is 10.3. The Labute approximate surface area is 417 Å². The molecule has 0 radical (unpaired) electrons. The highest BCUT2D eigenvalue weighted by Crippen LogP contribution is 2.24. The largest absolute Gasteiger partial charge is 0.444 e. The smallest absolute Gasteiger partial charge is 0.410 e. The molecule has 0 saturated carbocycles. The molecule has 0 bridgehead atoms. The van der Waals surface area contributed by atoms with E-state index in [4.69, 9.17) is 47.7 Å². The van der Waals surface area contributed by atoms with Crippen LogP contribution < -0.4 is 22.5 Å². The van der Waals surface area contributed by atoms with Crippen molar-refractivity contribution in [2.75, 3.05) is 43.0 Å². The van der Waals surface area contributed by atoms with Gasteiger partial charge in [-0.05, 0) is 137 Å². The number of amides is 2. The van der Waals surface area contributed by atoms with Crippen LogP contribution in [0.1, 0.15) is 96.9 Å². The second-order valence-corrected chi connectivity index (χ2v) is 19.4. The van der Waals surface area contributed by atoms with Gasteiger partial charge in [0, 0.05) is 74.8 Å². The van der Waals surface area contributed by atoms with E-state index in [0.717, 1.165) is 75.3 Å². The van der Waals surface area contributed by atoms with Crippen LogP contribution in [0.5, 0.6) is 0 Å². The van der Waals surface area contributed by atoms with Crippen molar-refractivity contribution in [3.63, 3.8) is 0 Å². The zero-order valence-electron chi connectivity index (χ0n) is 40.6. The molecular weight excluding hydrogens is 908 g/mol. The number of carbonyl (C=O) groups is 2. The summed E-state index contributed by atoms with van der Waals surface area (Å²) >= 11 is 5.75. The fourth-order valence-electron chi connectivity index (χ4n) is 7.53. The van der Waals surface area contributed by atoms with Crippen molar-refractivity contribution < 1.29 is 28.5 Å². The first kappa shape index (κ1) is 54.6. The average Bonchev–Trinajstić information content (AvgIpc) is 3.32. The number of carbonyl (C=O) groups excluding carboxylic acids is 2. The van der Waals surface area contributed by atoms with Crippen LogP contribution in [0.4, 0.5) is 27.0 Å². The molecular formula is C53H71ClN10O6. The number of pyridine rings is 4. The fraction of sp³-hybridized carbons (Fsp3) is 0.434. The molecule has 70 heavy (non-hydrogen) atoms. The van der Waals surface area contributed by atoms with E-state index < -0.39 is 11.2 Å². The molecule has 376 valence electrons. The number of likely N-dealkylation sites (tertiary alicyclic amines) is 2. The van der Waals surface area contributed by atoms with Crippen molar-refractivity contribution in [2.45, 2.75) is 124 Å². The van der Waals surface area contributed by atoms with Crippen LogP contribution in [0.3, 0.4) is 0 Å². The van der Waals surface area contributed by atoms with Gasteiger partial charge in [-0.2, -0.15) is 0 Å². The number of hydrogen-bond donors (Lipinski definition) is 4. The molecule has 2 saturated heterocycles. The van der Waals surface area contributed by atoms with E-state index in [1.165, 1.54) is 0 Å². The van der Waals surface area contributed by atoms with Gasteiger partial charge >= 0.3 is 12.2 Å². The maximum atomic E-state index is 12.2. The van der Waals surface area contributed by atoms with Crippen molar-refractivity contribution in [3.05, 3.63) is 125 Å². The van der Waals surface area contributed by atoms with Crippen LogP contribution in [0, 0.1) is 0 Å². The van der Waals surface area contributed by atoms with E-state index in [0.29, 0.717) is 69.3 Å². The minimum atomic E-state index is -0.472. The molecule has 17 heteroatoms. The molecule has 2 amide bonds. The number of piperidine rings is 2. The second kappa shape index (κ2) is 25.5. The van der Waals surface area contributed by atoms with Crippen LogP contribution in [-0.4, -0.2) is 91.5 Å². The van der Waals surface area contributed by atoms with Crippen LogP contribution >= 0.6 is 11.6 Å². The van der Waals surface area contributed by atoms with Gasteiger partial charge in [0.25, 0.3) is 0 Å². The number of aromatic nitrogens is 4. The summed E-state index contributed by atoms with van der Waals surface area (Å²) in [5.41, 5.74) is 20.5. The minimum Gasteiger partial charge on any atom is -0.444 e. The van der Waals surface area contributed by atoms with Gasteiger partial charge in [0.1, 0.15) is 33.8 Å². The Morgan fingerprint density at radius 3 is 1.50 bits per heavy atom. The maximum absolute atomic E-state index is 12.2. The Morgan fingerprint density at radius 1 is 0.629 bits per heavy atom. The fourth-order valence-corrected chi connectivity index (χ4v) is 7.64. The molecule has 2 aliphatic heterocycles. The number of nitrogen functional groups attached to an aromatic ring is 2. The Hall–Kier alpha value is -6.33. The lowest BCUT2D eigenvalue weighted by atomic mass is 10.1. The van der Waals surface area contributed by atoms with Crippen LogP contribution in [0.25, 0.3) is 21.5 Å². The van der Waals surface area contributed by atoms with Crippen LogP contribution in [0.15, 0.2) is 97.6 Å². The number of rotatable bonds is 10. The molecule has 0 spiro atoms. The van der Waals surface area contributed by atoms with E-state index in [2.05, 4.69) is 31.3 Å². The second-order valence-electron chi connectivity index (χ2n) is 19.1. The predicted molar refractivity (Wildman–Crippen MR) is 279 cm³/mol. The normalized spacial score (nSPS) is 14.4. The summed E-state index contributed by atoms with van der Waals surface area (Å²) in [5.74, 6) is 1.93. The SMILES string of the molecule is C.CC(C)(C)OC(=O)N1CCC(OCc2ccc(Cl)nc2)CC1.CC(C)(C)OC(=O)N1CCC(OCc2ccc(NCc3ccc4c(N)nccc4c3)nc2)CC1.NCc1ccc2c(N)nccc2c1. The maximum Gasteiger partial charge on any atom is 0.410 e. The Morgan fingerprint density at radius 2 is 1.07 bits per heavy atom. The van der Waals surface area contributed by atoms with Gasteiger partial charge in [-0.15, -0.1) is 0 Å². The van der Waals surface area contributed by atoms with E-state index >= 15 is 0 Å². The first-order valence-corrected chi connectivity index (χ1v) is 23.7. The standard InChI is InChI=1S/C26H33N5O3.C16H23ClN2O3.C10H11N3.CH4/c1-26(2,3)34-25(32)31-12-9-21(10-13-31)33-17-19-5-7-23(30-16-19)29-15-18-4-6-22-20(14-18)8-11-28-24(22)27;1-16(2,3)22-15(20)19-8-6-13(7-9-19)21-11-12-4-5-14(17)18-10-12;11-6-7-1-2-9-8(5-7)3-4-13-10(9)12;/h4-8,11,14,16,21H,9-10,12-13,15,17H2,1-3H3,(H2,27,28)(H,29,30);4-5,10,13H,6-9,11H2,1-3H3;1-5H,6,11H2,(H2,12,13);1H4. The highest BCUT2D eigenvalue weighted by Gasteiger charge is 2.28. The average molecular weight is 980 g/mol. The summed E-state index contributed by atoms with van der Waals surface area (Å²) in [7, 11) is 0. The summed E-state index contributed by atoms with van der Waals surface area (Å²) in [6.45, 7) is 16.1. The Bertz CT molecular complexity index is 2590. The highest BCUT2D eigenvalue weighted by atomic mass is 35.5. The third-order valence-electron chi connectivity index (χ3n) is 11.2. The third kappa shape index (κ3) is 17.3. The molecule has 2 fully saturated rings. The van der Waals surface area contributed by atoms with Crippen molar-refractivity contribution in [3.8, 4) is 0 Å². The van der Waals surface area contributed by atoms with Gasteiger partial charge in [-0.25, -0.2) is 29.5 Å². The molecule has 0 unspecified atom stereocenters. The molecule has 8 rings (SSSR count). The lowest BCUT2D eigenvalue weighted by molar-refractivity contribution is -0.0178. The number of fused-ring (bicyclic) bond motifs is 2. The zero-order valence-corrected chi connectivity index (χ0v) is 41.4. The van der Waals surface area contributed by atoms with Gasteiger partial charge in [0.05, 0.1) is 25.4 Å². The molecule has 6 aromatic rings. The summed E-state index contributed by atoms with van der Waals surface area (Å²) in [6.07, 6.45) is 10.0. The highest BCUT2D eigenvalue weighted by molar-refractivity contribution is 6.29. The van der Waals surface area contributed by atoms with Gasteiger partial charge in [0.2, 0.25) is 0 Å². The third-order valence-corrected chi connectivity index (χ3v) is 11.4. The first-order chi connectivity index (χ1) is 32.9. The van der Waals surface area contributed by atoms with Crippen molar-refractivity contribution in [1.82, 2.24) is 29.7 Å². The number of ether oxygens (including phenoxy) is 4. The van der Waals surface area contributed by atoms with Gasteiger partial charge in [-0.1, -0.05) is 55.4 Å². The lowest BCUT2D eigenvalue weighted by Gasteiger charge is -2.33. The molecule has 2 aliphatic rings. The van der Waals surface area contributed by atoms with E-state index in [1.807, 2.05) is 108 Å². The summed E-state index contributed by atoms with van der Waals surface area (Å²) < 4.78 is 22.8. The Balaban J connectivity index is 0.000000216. The van der Waals surface area contributed by atoms with Crippen molar-refractivity contribution >= 4 is 62.8 Å². The van der Waals surface area contributed by atoms with Gasteiger partial charge in [-0.3, -0.25) is 0 Å². The summed E-state index contributed by atoms with van der Waals surface area (Å²) in [4.78, 5) is 44.3. The minimum absolute atomic E-state index is 0. The molecule has 0 atom stereocenters. The first-order valence-electron chi connectivity index (χ1n) is 23.4. The van der Waals surface area contributed by atoms with Crippen molar-refractivity contribution in [2.24, 2.45) is 5.73 Å². The van der Waals surface area contributed by atoms with Gasteiger partial charge in [0.15, 0.2) is 0 Å². The van der Waals surface area contributed by atoms with Crippen LogP contribution in [-0.2, 0) is 45.3 Å². The number of nitrogens with zero attached hydrogens (tertiary/aromatic N) is 6. The molecule has 7 N–H and O–H groups in total. The molecule has 2 aromatic carbocycles. The van der Waals surface area contributed by atoms with E-state index in [-0.39, 0.29) is 31.8 Å². The summed E-state index contributed by atoms with van der Waals surface area (Å²) in [5, 5.41) is 7.95. The number of hydrogen-bond acceptors (Lipinski definition) is 14. The topological polar surface area (TPSA) is 219 Å². The van der Waals surface area contributed by atoms with Crippen LogP contribution in [0.2, 0.25) is 5.15 Å². The monoisotopic (exact) mass is 979 g/mol. The molecule has 6 heterocycles. The molecule has 4 aromatic heterocycles. The van der Waals surface area contributed by atoms with Gasteiger partial charge < -0.3 is 51.3 Å². The number of benzene rings is 2. The summed E-state index contributed by atoms with van der Waals surface area (Å²) in [6, 6.07) is 23.7. The number of halogens is 1. The number of nitrogens with one attached hydrogen (secondary N) is 1. The van der Waals surface area contributed by atoms with E-state index in [9.17, 15) is 9.59 Å². The zero-order chi connectivity index (χ0) is 49.6. The van der Waals surface area contributed by atoms with E-state index in [1.54, 1.807) is 34.5 Å². The quantitative estimate of drug-likeness (QED) is 0.0939. The van der Waals surface area contributed by atoms with Crippen molar-refractivity contribution in [1.29, 1.82) is 0 Å². The Kier molecular flexibility index (Phi) is 19.9. The molecule has 0 aliphatic carbocycles. The molecule has 16 nitrogen and oxygen atoms in total. The number of anilines is 3. The lowest BCUT2D eigenvalue weighted by Crippen LogP contribution is -2.43.